The number of hydrogen-bond donors (Lipinski definition) is 1. The van der Waals surface area contributed by atoms with Crippen LogP contribution < -0.4 is 5.73 Å². The fraction of sp³-hybridized carbons (Fsp3) is 0.125. The average Bonchev–Trinajstić information content (AvgIpc) is 1.85. The molecule has 0 spiro atoms. The highest BCUT2D eigenvalue weighted by Crippen LogP contribution is 2.15. The van der Waals surface area contributed by atoms with Crippen molar-refractivity contribution < 1.29 is 4.79 Å². The average molecular weight is 206 g/mol. The minimum atomic E-state index is -0.512. The standard InChI is InChI=1S/C8H8ClNO.ClH/c1-5-2-3-6(8(9)11)7(10)4-5;/h2-4H,10H2,1H3;1H. The zero-order chi connectivity index (χ0) is 8.43. The normalized spacial score (nSPS) is 8.83. The first-order chi connectivity index (χ1) is 5.11. The van der Waals surface area contributed by atoms with Crippen molar-refractivity contribution in [3.8, 4) is 0 Å². The van der Waals surface area contributed by atoms with E-state index in [2.05, 4.69) is 0 Å². The Labute approximate surface area is 82.1 Å². The molecule has 1 aromatic rings. The van der Waals surface area contributed by atoms with Gasteiger partial charge in [-0.2, -0.15) is 0 Å². The second-order valence-electron chi connectivity index (χ2n) is 2.36. The molecule has 4 heteroatoms. The van der Waals surface area contributed by atoms with E-state index in [1.807, 2.05) is 6.92 Å². The molecule has 0 bridgehead atoms. The number of nitrogen functional groups attached to an aromatic ring is 1. The fourth-order valence-electron chi connectivity index (χ4n) is 0.861. The molecule has 1 rings (SSSR count). The van der Waals surface area contributed by atoms with Gasteiger partial charge in [0.2, 0.25) is 0 Å². The highest BCUT2D eigenvalue weighted by molar-refractivity contribution is 6.68. The first-order valence-corrected chi connectivity index (χ1v) is 3.55. The topological polar surface area (TPSA) is 43.1 Å². The summed E-state index contributed by atoms with van der Waals surface area (Å²) in [6, 6.07) is 5.14. The third-order valence-corrected chi connectivity index (χ3v) is 1.62. The Morgan fingerprint density at radius 2 is 2.08 bits per heavy atom. The van der Waals surface area contributed by atoms with Crippen LogP contribution >= 0.6 is 24.0 Å². The lowest BCUT2D eigenvalue weighted by Gasteiger charge is -2.00. The Hall–Kier alpha value is -0.730. The van der Waals surface area contributed by atoms with Crippen LogP contribution in [0.25, 0.3) is 0 Å². The monoisotopic (exact) mass is 205 g/mol. The van der Waals surface area contributed by atoms with Gasteiger partial charge >= 0.3 is 0 Å². The summed E-state index contributed by atoms with van der Waals surface area (Å²) in [5.41, 5.74) is 7.34. The van der Waals surface area contributed by atoms with Gasteiger partial charge in [-0.15, -0.1) is 12.4 Å². The van der Waals surface area contributed by atoms with Crippen LogP contribution in [0.15, 0.2) is 18.2 Å². The first-order valence-electron chi connectivity index (χ1n) is 3.17. The number of nitrogens with two attached hydrogens (primary N) is 1. The number of hydrogen-bond acceptors (Lipinski definition) is 2. The molecular formula is C8H9Cl2NO. The number of rotatable bonds is 1. The van der Waals surface area contributed by atoms with Crippen molar-refractivity contribution in [3.05, 3.63) is 29.3 Å². The van der Waals surface area contributed by atoms with Gasteiger partial charge < -0.3 is 5.73 Å². The molecule has 0 fully saturated rings. The van der Waals surface area contributed by atoms with Gasteiger partial charge in [0, 0.05) is 5.69 Å². The highest BCUT2D eigenvalue weighted by atomic mass is 35.5. The third-order valence-electron chi connectivity index (χ3n) is 1.42. The summed E-state index contributed by atoms with van der Waals surface area (Å²) in [4.78, 5) is 10.7. The van der Waals surface area contributed by atoms with E-state index in [0.29, 0.717) is 11.3 Å². The van der Waals surface area contributed by atoms with Gasteiger partial charge in [-0.1, -0.05) is 6.07 Å². The van der Waals surface area contributed by atoms with Crippen molar-refractivity contribution in [3.63, 3.8) is 0 Å². The summed E-state index contributed by atoms with van der Waals surface area (Å²) < 4.78 is 0. The molecule has 0 unspecified atom stereocenters. The van der Waals surface area contributed by atoms with Crippen LogP contribution in [0.1, 0.15) is 15.9 Å². The summed E-state index contributed by atoms with van der Waals surface area (Å²) in [5.74, 6) is 0. The molecule has 0 saturated heterocycles. The molecular weight excluding hydrogens is 197 g/mol. The van der Waals surface area contributed by atoms with Crippen molar-refractivity contribution in [1.82, 2.24) is 0 Å². The second kappa shape index (κ2) is 4.33. The van der Waals surface area contributed by atoms with Crippen molar-refractivity contribution >= 4 is 34.9 Å². The highest BCUT2D eigenvalue weighted by Gasteiger charge is 2.04. The van der Waals surface area contributed by atoms with Crippen molar-refractivity contribution in [2.75, 3.05) is 5.73 Å². The predicted octanol–water partition coefficient (Wildman–Crippen LogP) is 2.38. The van der Waals surface area contributed by atoms with Gasteiger partial charge in [-0.05, 0) is 36.2 Å². The smallest absolute Gasteiger partial charge is 0.254 e. The molecule has 0 radical (unpaired) electrons. The maximum Gasteiger partial charge on any atom is 0.254 e. The molecule has 1 aromatic carbocycles. The molecule has 0 aliphatic carbocycles. The summed E-state index contributed by atoms with van der Waals surface area (Å²) in [7, 11) is 0. The van der Waals surface area contributed by atoms with E-state index >= 15 is 0 Å². The Bertz CT molecular complexity index is 299. The minimum Gasteiger partial charge on any atom is -0.398 e. The second-order valence-corrected chi connectivity index (χ2v) is 2.71. The van der Waals surface area contributed by atoms with E-state index in [1.165, 1.54) is 0 Å². The molecule has 0 saturated carbocycles. The maximum atomic E-state index is 10.7. The van der Waals surface area contributed by atoms with Gasteiger partial charge in [-0.25, -0.2) is 0 Å². The van der Waals surface area contributed by atoms with Crippen LogP contribution in [0.2, 0.25) is 0 Å². The molecule has 2 nitrogen and oxygen atoms in total. The number of carbonyl (C=O) groups excluding carboxylic acids is 1. The summed E-state index contributed by atoms with van der Waals surface area (Å²) in [5, 5.41) is -0.512. The van der Waals surface area contributed by atoms with Crippen LogP contribution in [-0.4, -0.2) is 5.24 Å². The molecule has 12 heavy (non-hydrogen) atoms. The predicted molar refractivity (Wildman–Crippen MR) is 53.0 cm³/mol. The van der Waals surface area contributed by atoms with Crippen LogP contribution in [-0.2, 0) is 0 Å². The summed E-state index contributed by atoms with van der Waals surface area (Å²) in [6.45, 7) is 1.90. The Morgan fingerprint density at radius 1 is 1.50 bits per heavy atom. The van der Waals surface area contributed by atoms with Crippen LogP contribution in [0, 0.1) is 6.92 Å². The van der Waals surface area contributed by atoms with Gasteiger partial charge in [0.1, 0.15) is 0 Å². The quantitative estimate of drug-likeness (QED) is 0.566. The largest absolute Gasteiger partial charge is 0.398 e. The van der Waals surface area contributed by atoms with Crippen molar-refractivity contribution in [1.29, 1.82) is 0 Å². The zero-order valence-corrected chi connectivity index (χ0v) is 8.08. The SMILES string of the molecule is Cc1ccc(C(=O)Cl)c(N)c1.Cl. The van der Waals surface area contributed by atoms with Crippen LogP contribution in [0.3, 0.4) is 0 Å². The van der Waals surface area contributed by atoms with E-state index in [1.54, 1.807) is 18.2 Å². The number of benzene rings is 1. The number of anilines is 1. The van der Waals surface area contributed by atoms with E-state index in [9.17, 15) is 4.79 Å². The minimum absolute atomic E-state index is 0. The van der Waals surface area contributed by atoms with E-state index in [-0.39, 0.29) is 12.4 Å². The summed E-state index contributed by atoms with van der Waals surface area (Å²) >= 11 is 5.24. The van der Waals surface area contributed by atoms with Crippen molar-refractivity contribution in [2.45, 2.75) is 6.92 Å². The van der Waals surface area contributed by atoms with E-state index in [0.717, 1.165) is 5.56 Å². The first kappa shape index (κ1) is 11.3. The van der Waals surface area contributed by atoms with E-state index < -0.39 is 5.24 Å². The molecule has 66 valence electrons. The molecule has 0 aromatic heterocycles. The Morgan fingerprint density at radius 3 is 2.50 bits per heavy atom. The molecule has 2 N–H and O–H groups in total. The van der Waals surface area contributed by atoms with Gasteiger partial charge in [0.05, 0.1) is 5.56 Å². The summed E-state index contributed by atoms with van der Waals surface area (Å²) in [6.07, 6.45) is 0. The number of halogens is 2. The molecule has 0 aliphatic rings. The van der Waals surface area contributed by atoms with E-state index in [4.69, 9.17) is 17.3 Å². The lowest BCUT2D eigenvalue weighted by molar-refractivity contribution is 0.108. The Balaban J connectivity index is 0.00000121. The van der Waals surface area contributed by atoms with Crippen LogP contribution in [0.5, 0.6) is 0 Å². The lowest BCUT2D eigenvalue weighted by Crippen LogP contribution is -1.97. The molecule has 0 amide bonds. The Kier molecular flexibility index (Phi) is 4.07. The molecule has 0 heterocycles. The molecule has 0 aliphatic heterocycles. The number of aryl methyl sites for hydroxylation is 1. The zero-order valence-electron chi connectivity index (χ0n) is 6.50. The third kappa shape index (κ3) is 2.40. The number of carbonyl (C=O) groups is 1. The van der Waals surface area contributed by atoms with Gasteiger partial charge in [0.15, 0.2) is 0 Å². The fourth-order valence-corrected chi connectivity index (χ4v) is 1.03. The van der Waals surface area contributed by atoms with Gasteiger partial charge in [0.25, 0.3) is 5.24 Å². The maximum absolute atomic E-state index is 10.7. The lowest BCUT2D eigenvalue weighted by atomic mass is 10.1. The van der Waals surface area contributed by atoms with Crippen molar-refractivity contribution in [2.24, 2.45) is 0 Å². The van der Waals surface area contributed by atoms with Crippen LogP contribution in [0.4, 0.5) is 5.69 Å². The molecule has 0 atom stereocenters. The van der Waals surface area contributed by atoms with Gasteiger partial charge in [-0.3, -0.25) is 4.79 Å².